The van der Waals surface area contributed by atoms with Gasteiger partial charge in [-0.3, -0.25) is 4.79 Å². The molecule has 0 spiro atoms. The second-order valence-electron chi connectivity index (χ2n) is 2.97. The van der Waals surface area contributed by atoms with E-state index >= 15 is 0 Å². The third kappa shape index (κ3) is 1.94. The van der Waals surface area contributed by atoms with E-state index in [0.29, 0.717) is 12.8 Å². The van der Waals surface area contributed by atoms with Crippen LogP contribution in [0.3, 0.4) is 0 Å². The van der Waals surface area contributed by atoms with Gasteiger partial charge in [-0.2, -0.15) is 0 Å². The van der Waals surface area contributed by atoms with Gasteiger partial charge < -0.3 is 20.6 Å². The zero-order valence-corrected chi connectivity index (χ0v) is 6.60. The van der Waals surface area contributed by atoms with Gasteiger partial charge in [-0.25, -0.2) is 0 Å². The van der Waals surface area contributed by atoms with Gasteiger partial charge in [-0.15, -0.1) is 0 Å². The molecular weight excluding hydrogens is 162 g/mol. The maximum absolute atomic E-state index is 10.7. The molecule has 0 aliphatic heterocycles. The minimum Gasteiger partial charge on any atom is -0.390 e. The second-order valence-corrected chi connectivity index (χ2v) is 2.97. The monoisotopic (exact) mass is 175 g/mol. The summed E-state index contributed by atoms with van der Waals surface area (Å²) in [6.07, 6.45) is -0.625. The molecule has 4 N–H and O–H groups in total. The quantitative estimate of drug-likeness (QED) is 0.390. The lowest BCUT2D eigenvalue weighted by molar-refractivity contribution is -0.125. The fourth-order valence-corrected chi connectivity index (χ4v) is 1.37. The van der Waals surface area contributed by atoms with Crippen LogP contribution in [0.1, 0.15) is 12.8 Å². The highest BCUT2D eigenvalue weighted by Gasteiger charge is 2.33. The number of hydrogen-bond acceptors (Lipinski definition) is 4. The van der Waals surface area contributed by atoms with E-state index in [4.69, 9.17) is 10.2 Å². The number of amides is 1. The van der Waals surface area contributed by atoms with Gasteiger partial charge in [0.1, 0.15) is 6.61 Å². The molecule has 0 radical (unpaired) electrons. The zero-order chi connectivity index (χ0) is 9.14. The summed E-state index contributed by atoms with van der Waals surface area (Å²) in [6.45, 7) is -0.584. The molecule has 5 nitrogen and oxygen atoms in total. The van der Waals surface area contributed by atoms with Crippen molar-refractivity contribution in [3.8, 4) is 0 Å². The Labute approximate surface area is 70.0 Å². The second kappa shape index (κ2) is 3.84. The van der Waals surface area contributed by atoms with Gasteiger partial charge >= 0.3 is 0 Å². The van der Waals surface area contributed by atoms with Crippen LogP contribution >= 0.6 is 0 Å². The summed E-state index contributed by atoms with van der Waals surface area (Å²) in [7, 11) is 0. The van der Waals surface area contributed by atoms with Gasteiger partial charge in [0.15, 0.2) is 0 Å². The van der Waals surface area contributed by atoms with E-state index in [2.05, 4.69) is 5.32 Å². The molecule has 3 atom stereocenters. The number of nitrogens with one attached hydrogen (secondary N) is 1. The van der Waals surface area contributed by atoms with Crippen molar-refractivity contribution in [2.24, 2.45) is 0 Å². The number of carbonyl (C=O) groups excluding carboxylic acids is 1. The molecule has 0 heterocycles. The Morgan fingerprint density at radius 1 is 1.42 bits per heavy atom. The molecule has 0 aromatic rings. The summed E-state index contributed by atoms with van der Waals surface area (Å²) in [4.78, 5) is 10.7. The van der Waals surface area contributed by atoms with Crippen LogP contribution in [0, 0.1) is 0 Å². The summed E-state index contributed by atoms with van der Waals surface area (Å²) < 4.78 is 0. The van der Waals surface area contributed by atoms with Gasteiger partial charge in [-0.05, 0) is 12.8 Å². The van der Waals surface area contributed by atoms with E-state index in [1.807, 2.05) is 0 Å². The van der Waals surface area contributed by atoms with Crippen molar-refractivity contribution in [1.29, 1.82) is 0 Å². The van der Waals surface area contributed by atoms with Gasteiger partial charge in [0, 0.05) is 0 Å². The molecule has 1 saturated carbocycles. The van der Waals surface area contributed by atoms with Crippen LogP contribution in [-0.2, 0) is 4.79 Å². The Kier molecular flexibility index (Phi) is 3.02. The topological polar surface area (TPSA) is 89.8 Å². The van der Waals surface area contributed by atoms with Crippen LogP contribution in [0.15, 0.2) is 0 Å². The summed E-state index contributed by atoms with van der Waals surface area (Å²) in [5.74, 6) is -0.520. The fraction of sp³-hybridized carbons (Fsp3) is 0.857. The highest BCUT2D eigenvalue weighted by atomic mass is 16.3. The number of carbonyl (C=O) groups is 1. The Morgan fingerprint density at radius 2 is 2.08 bits per heavy atom. The Morgan fingerprint density at radius 3 is 2.50 bits per heavy atom. The van der Waals surface area contributed by atoms with Crippen LogP contribution in [0.2, 0.25) is 0 Å². The summed E-state index contributed by atoms with van der Waals surface area (Å²) in [6, 6.07) is -0.417. The standard InChI is InChI=1S/C7H13NO4/c9-3-6(11)8-4-1-2-5(10)7(4)12/h4-5,7,9-10,12H,1-3H2,(H,8,11)/t4-,5-,7+/m0/s1. The number of aliphatic hydroxyl groups is 3. The maximum Gasteiger partial charge on any atom is 0.246 e. The van der Waals surface area contributed by atoms with Gasteiger partial charge in [0.25, 0.3) is 0 Å². The summed E-state index contributed by atoms with van der Waals surface area (Å²) in [5.41, 5.74) is 0. The van der Waals surface area contributed by atoms with E-state index in [-0.39, 0.29) is 0 Å². The van der Waals surface area contributed by atoms with E-state index in [9.17, 15) is 9.90 Å². The van der Waals surface area contributed by atoms with Gasteiger partial charge in [0.2, 0.25) is 5.91 Å². The van der Waals surface area contributed by atoms with Crippen LogP contribution in [0.5, 0.6) is 0 Å². The van der Waals surface area contributed by atoms with Crippen LogP contribution in [0.25, 0.3) is 0 Å². The van der Waals surface area contributed by atoms with E-state index in [1.54, 1.807) is 0 Å². The van der Waals surface area contributed by atoms with Crippen LogP contribution in [0.4, 0.5) is 0 Å². The first-order valence-electron chi connectivity index (χ1n) is 3.91. The Balaban J connectivity index is 2.38. The highest BCUT2D eigenvalue weighted by molar-refractivity contribution is 5.77. The van der Waals surface area contributed by atoms with E-state index < -0.39 is 30.8 Å². The van der Waals surface area contributed by atoms with Crippen LogP contribution in [-0.4, -0.2) is 46.1 Å². The van der Waals surface area contributed by atoms with Crippen molar-refractivity contribution in [1.82, 2.24) is 5.32 Å². The van der Waals surface area contributed by atoms with Gasteiger partial charge in [0.05, 0.1) is 18.2 Å². The van der Waals surface area contributed by atoms with E-state index in [1.165, 1.54) is 0 Å². The number of hydrogen-bond donors (Lipinski definition) is 4. The SMILES string of the molecule is O=C(CO)N[C@H]1CC[C@H](O)[C@@H]1O. The lowest BCUT2D eigenvalue weighted by atomic mass is 10.2. The number of aliphatic hydroxyl groups excluding tert-OH is 3. The van der Waals surface area contributed by atoms with Gasteiger partial charge in [-0.1, -0.05) is 0 Å². The molecule has 1 fully saturated rings. The number of rotatable bonds is 2. The molecule has 0 saturated heterocycles. The predicted molar refractivity (Wildman–Crippen MR) is 40.3 cm³/mol. The molecule has 70 valence electrons. The molecule has 0 aromatic carbocycles. The van der Waals surface area contributed by atoms with Crippen molar-refractivity contribution < 1.29 is 20.1 Å². The fourth-order valence-electron chi connectivity index (χ4n) is 1.37. The summed E-state index contributed by atoms with van der Waals surface area (Å²) >= 11 is 0. The Hall–Kier alpha value is -0.650. The predicted octanol–water partition coefficient (Wildman–Crippen LogP) is -2.02. The van der Waals surface area contributed by atoms with E-state index in [0.717, 1.165) is 0 Å². The maximum atomic E-state index is 10.7. The van der Waals surface area contributed by atoms with Crippen molar-refractivity contribution >= 4 is 5.91 Å². The summed E-state index contributed by atoms with van der Waals surface area (Å²) in [5, 5.41) is 29.1. The third-order valence-corrected chi connectivity index (χ3v) is 2.07. The molecule has 1 aliphatic carbocycles. The Bertz CT molecular complexity index is 173. The zero-order valence-electron chi connectivity index (χ0n) is 6.60. The smallest absolute Gasteiger partial charge is 0.246 e. The average molecular weight is 175 g/mol. The molecule has 1 rings (SSSR count). The molecule has 1 amide bonds. The van der Waals surface area contributed by atoms with Crippen molar-refractivity contribution in [3.63, 3.8) is 0 Å². The van der Waals surface area contributed by atoms with Crippen molar-refractivity contribution in [3.05, 3.63) is 0 Å². The minimum absolute atomic E-state index is 0.417. The third-order valence-electron chi connectivity index (χ3n) is 2.07. The lowest BCUT2D eigenvalue weighted by Gasteiger charge is -2.16. The average Bonchev–Trinajstić information content (AvgIpc) is 2.36. The molecule has 5 heteroatoms. The largest absolute Gasteiger partial charge is 0.390 e. The molecule has 1 aliphatic rings. The highest BCUT2D eigenvalue weighted by Crippen LogP contribution is 2.19. The lowest BCUT2D eigenvalue weighted by Crippen LogP contribution is -2.43. The molecule has 0 unspecified atom stereocenters. The molecule has 0 aromatic heterocycles. The molecule has 12 heavy (non-hydrogen) atoms. The minimum atomic E-state index is -0.902. The van der Waals surface area contributed by atoms with Crippen LogP contribution < -0.4 is 5.32 Å². The van der Waals surface area contributed by atoms with Crippen molar-refractivity contribution in [2.45, 2.75) is 31.1 Å². The normalized spacial score (nSPS) is 35.1. The first-order chi connectivity index (χ1) is 5.65. The van der Waals surface area contributed by atoms with Crippen molar-refractivity contribution in [2.75, 3.05) is 6.61 Å². The first-order valence-corrected chi connectivity index (χ1v) is 3.91. The molecule has 0 bridgehead atoms. The first kappa shape index (κ1) is 9.44. The molecular formula is C7H13NO4.